The van der Waals surface area contributed by atoms with E-state index in [0.29, 0.717) is 5.69 Å². The number of hydrogen-bond donors (Lipinski definition) is 2. The molecule has 0 saturated heterocycles. The Morgan fingerprint density at radius 1 is 1.09 bits per heavy atom. The van der Waals surface area contributed by atoms with Crippen LogP contribution < -0.4 is 11.1 Å². The fraction of sp³-hybridized carbons (Fsp3) is 0.111. The first kappa shape index (κ1) is 14.1. The second-order valence-corrected chi connectivity index (χ2v) is 5.18. The summed E-state index contributed by atoms with van der Waals surface area (Å²) >= 11 is 0. The van der Waals surface area contributed by atoms with Gasteiger partial charge in [0.05, 0.1) is 11.7 Å². The third kappa shape index (κ3) is 2.63. The minimum atomic E-state index is -0.371. The second-order valence-electron chi connectivity index (χ2n) is 5.18. The summed E-state index contributed by atoms with van der Waals surface area (Å²) in [5, 5.41) is 5.07. The minimum Gasteiger partial charge on any atom is -0.398 e. The number of nitrogens with two attached hydrogens (primary N) is 1. The summed E-state index contributed by atoms with van der Waals surface area (Å²) in [4.78, 5) is 16.1. The van der Waals surface area contributed by atoms with E-state index in [4.69, 9.17) is 5.73 Å². The van der Waals surface area contributed by atoms with Gasteiger partial charge in [-0.25, -0.2) is 0 Å². The van der Waals surface area contributed by atoms with E-state index in [1.807, 2.05) is 54.6 Å². The normalized spacial score (nSPS) is 12.0. The lowest BCUT2D eigenvalue weighted by Gasteiger charge is -2.21. The smallest absolute Gasteiger partial charge is 0.217 e. The third-order valence-corrected chi connectivity index (χ3v) is 3.62. The zero-order chi connectivity index (χ0) is 15.5. The highest BCUT2D eigenvalue weighted by Crippen LogP contribution is 2.32. The van der Waals surface area contributed by atoms with Gasteiger partial charge in [0.15, 0.2) is 0 Å². The van der Waals surface area contributed by atoms with Gasteiger partial charge in [0.2, 0.25) is 5.91 Å². The molecule has 0 bridgehead atoms. The summed E-state index contributed by atoms with van der Waals surface area (Å²) in [6.07, 6.45) is 1.71. The number of benzene rings is 2. The van der Waals surface area contributed by atoms with Gasteiger partial charge >= 0.3 is 0 Å². The van der Waals surface area contributed by atoms with Gasteiger partial charge in [-0.1, -0.05) is 36.4 Å². The molecule has 1 amide bonds. The Kier molecular flexibility index (Phi) is 3.74. The molecule has 0 aliphatic carbocycles. The molecule has 22 heavy (non-hydrogen) atoms. The van der Waals surface area contributed by atoms with Crippen molar-refractivity contribution >= 4 is 22.4 Å². The molecular weight excluding hydrogens is 274 g/mol. The fourth-order valence-corrected chi connectivity index (χ4v) is 2.68. The maximum atomic E-state index is 11.7. The molecule has 3 rings (SSSR count). The third-order valence-electron chi connectivity index (χ3n) is 3.62. The molecule has 0 saturated carbocycles. The van der Waals surface area contributed by atoms with Gasteiger partial charge in [0.1, 0.15) is 0 Å². The van der Waals surface area contributed by atoms with E-state index in [1.165, 1.54) is 6.92 Å². The summed E-state index contributed by atoms with van der Waals surface area (Å²) in [7, 11) is 0. The van der Waals surface area contributed by atoms with E-state index in [0.717, 1.165) is 22.0 Å². The van der Waals surface area contributed by atoms with Crippen LogP contribution in [-0.2, 0) is 4.79 Å². The number of fused-ring (bicyclic) bond motifs is 1. The maximum Gasteiger partial charge on any atom is 0.217 e. The van der Waals surface area contributed by atoms with Gasteiger partial charge in [-0.15, -0.1) is 0 Å². The number of pyridine rings is 1. The van der Waals surface area contributed by atoms with E-state index in [2.05, 4.69) is 10.3 Å². The first-order valence-corrected chi connectivity index (χ1v) is 7.12. The van der Waals surface area contributed by atoms with Crippen molar-refractivity contribution in [3.63, 3.8) is 0 Å². The van der Waals surface area contributed by atoms with Crippen molar-refractivity contribution in [1.29, 1.82) is 0 Å². The molecule has 0 radical (unpaired) electrons. The number of carbonyl (C=O) groups excluding carboxylic acids is 1. The number of nitrogens with zero attached hydrogens (tertiary/aromatic N) is 1. The quantitative estimate of drug-likeness (QED) is 0.729. The van der Waals surface area contributed by atoms with Gasteiger partial charge in [0, 0.05) is 24.4 Å². The lowest BCUT2D eigenvalue weighted by Crippen LogP contribution is -2.28. The van der Waals surface area contributed by atoms with Crippen molar-refractivity contribution in [1.82, 2.24) is 10.3 Å². The minimum absolute atomic E-state index is 0.122. The molecule has 3 N–H and O–H groups in total. The topological polar surface area (TPSA) is 68.0 Å². The molecule has 1 unspecified atom stereocenters. The zero-order valence-electron chi connectivity index (χ0n) is 12.3. The first-order valence-electron chi connectivity index (χ1n) is 7.12. The highest BCUT2D eigenvalue weighted by atomic mass is 16.1. The van der Waals surface area contributed by atoms with Crippen LogP contribution in [0.4, 0.5) is 5.69 Å². The molecule has 1 heterocycles. The van der Waals surface area contributed by atoms with Crippen molar-refractivity contribution in [2.75, 3.05) is 5.73 Å². The fourth-order valence-electron chi connectivity index (χ4n) is 2.68. The molecular formula is C18H17N3O. The molecule has 1 aromatic heterocycles. The highest BCUT2D eigenvalue weighted by molar-refractivity contribution is 5.91. The SMILES string of the molecule is CC(=O)NC(c1ccccn1)c1c(N)ccc2ccccc12. The molecule has 0 spiro atoms. The van der Waals surface area contributed by atoms with Gasteiger partial charge in [-0.2, -0.15) is 0 Å². The molecule has 0 fully saturated rings. The summed E-state index contributed by atoms with van der Waals surface area (Å²) < 4.78 is 0. The molecule has 4 nitrogen and oxygen atoms in total. The van der Waals surface area contributed by atoms with Gasteiger partial charge in [0.25, 0.3) is 0 Å². The van der Waals surface area contributed by atoms with E-state index in [9.17, 15) is 4.79 Å². The number of rotatable bonds is 3. The van der Waals surface area contributed by atoms with Gasteiger partial charge in [-0.05, 0) is 29.0 Å². The van der Waals surface area contributed by atoms with Crippen LogP contribution in [0.1, 0.15) is 24.2 Å². The van der Waals surface area contributed by atoms with Crippen molar-refractivity contribution in [3.05, 3.63) is 72.1 Å². The summed E-state index contributed by atoms with van der Waals surface area (Å²) in [5.74, 6) is -0.122. The molecule has 4 heteroatoms. The van der Waals surface area contributed by atoms with Crippen LogP contribution in [0.25, 0.3) is 10.8 Å². The van der Waals surface area contributed by atoms with E-state index >= 15 is 0 Å². The van der Waals surface area contributed by atoms with E-state index < -0.39 is 0 Å². The first-order chi connectivity index (χ1) is 10.7. The van der Waals surface area contributed by atoms with E-state index in [1.54, 1.807) is 6.20 Å². The Morgan fingerprint density at radius 2 is 1.86 bits per heavy atom. The Bertz CT molecular complexity index is 815. The average Bonchev–Trinajstić information content (AvgIpc) is 2.54. The Labute approximate surface area is 129 Å². The predicted molar refractivity (Wildman–Crippen MR) is 88.3 cm³/mol. The van der Waals surface area contributed by atoms with Crippen LogP contribution in [-0.4, -0.2) is 10.9 Å². The largest absolute Gasteiger partial charge is 0.398 e. The molecule has 3 aromatic rings. The summed E-state index contributed by atoms with van der Waals surface area (Å²) in [5.41, 5.74) is 8.51. The number of nitrogens with one attached hydrogen (secondary N) is 1. The lowest BCUT2D eigenvalue weighted by molar-refractivity contribution is -0.119. The zero-order valence-corrected chi connectivity index (χ0v) is 12.3. The van der Waals surface area contributed by atoms with Crippen LogP contribution in [0.3, 0.4) is 0 Å². The second kappa shape index (κ2) is 5.85. The number of hydrogen-bond acceptors (Lipinski definition) is 3. The van der Waals surface area contributed by atoms with Crippen LogP contribution in [0.2, 0.25) is 0 Å². The predicted octanol–water partition coefficient (Wildman–Crippen LogP) is 3.04. The number of carbonyl (C=O) groups is 1. The number of amides is 1. The maximum absolute atomic E-state index is 11.7. The summed E-state index contributed by atoms with van der Waals surface area (Å²) in [6, 6.07) is 17.1. The van der Waals surface area contributed by atoms with Crippen LogP contribution in [0, 0.1) is 0 Å². The van der Waals surface area contributed by atoms with Crippen LogP contribution in [0.5, 0.6) is 0 Å². The van der Waals surface area contributed by atoms with E-state index in [-0.39, 0.29) is 11.9 Å². The van der Waals surface area contributed by atoms with Gasteiger partial charge < -0.3 is 11.1 Å². The number of nitrogen functional groups attached to an aromatic ring is 1. The van der Waals surface area contributed by atoms with Crippen molar-refractivity contribution in [3.8, 4) is 0 Å². The highest BCUT2D eigenvalue weighted by Gasteiger charge is 2.21. The van der Waals surface area contributed by atoms with Crippen LogP contribution >= 0.6 is 0 Å². The molecule has 0 aliphatic rings. The number of aromatic nitrogens is 1. The lowest BCUT2D eigenvalue weighted by atomic mass is 9.94. The van der Waals surface area contributed by atoms with Crippen molar-refractivity contribution in [2.24, 2.45) is 0 Å². The van der Waals surface area contributed by atoms with Gasteiger partial charge in [-0.3, -0.25) is 9.78 Å². The summed E-state index contributed by atoms with van der Waals surface area (Å²) in [6.45, 7) is 1.50. The monoisotopic (exact) mass is 291 g/mol. The van der Waals surface area contributed by atoms with Crippen molar-refractivity contribution < 1.29 is 4.79 Å². The molecule has 2 aromatic carbocycles. The molecule has 110 valence electrons. The average molecular weight is 291 g/mol. The molecule has 1 atom stereocenters. The number of anilines is 1. The Morgan fingerprint density at radius 3 is 2.59 bits per heavy atom. The van der Waals surface area contributed by atoms with Crippen LogP contribution in [0.15, 0.2) is 60.8 Å². The standard InChI is InChI=1S/C18H17N3O/c1-12(22)21-18(16-8-4-5-11-20-16)17-14-7-3-2-6-13(14)9-10-15(17)19/h2-11,18H,19H2,1H3,(H,21,22). The van der Waals surface area contributed by atoms with Crippen molar-refractivity contribution in [2.45, 2.75) is 13.0 Å². The molecule has 0 aliphatic heterocycles. The Balaban J connectivity index is 2.24. The Hall–Kier alpha value is -2.88.